The maximum absolute atomic E-state index is 5.71. The quantitative estimate of drug-likeness (QED) is 0.351. The number of likely N-dealkylation sites (tertiary alicyclic amines) is 2. The maximum Gasteiger partial charge on any atom is 0.191 e. The molecule has 1 aromatic heterocycles. The molecule has 0 spiro atoms. The molecule has 0 aromatic carbocycles. The van der Waals surface area contributed by atoms with Crippen LogP contribution in [0.2, 0.25) is 0 Å². The lowest BCUT2D eigenvalue weighted by atomic mass is 9.98. The topological polar surface area (TPSA) is 56.0 Å². The van der Waals surface area contributed by atoms with E-state index >= 15 is 0 Å². The highest BCUT2D eigenvalue weighted by atomic mass is 127. The van der Waals surface area contributed by atoms with Crippen LogP contribution in [-0.4, -0.2) is 68.6 Å². The van der Waals surface area contributed by atoms with E-state index in [1.165, 1.54) is 38.8 Å². The van der Waals surface area contributed by atoms with Crippen molar-refractivity contribution in [2.24, 2.45) is 10.9 Å². The Bertz CT molecular complexity index is 545. The minimum Gasteiger partial charge on any atom is -0.468 e. The first-order valence-electron chi connectivity index (χ1n) is 10.2. The van der Waals surface area contributed by atoms with E-state index < -0.39 is 0 Å². The van der Waals surface area contributed by atoms with Gasteiger partial charge in [-0.1, -0.05) is 6.92 Å². The molecule has 0 amide bonds. The molecule has 0 radical (unpaired) electrons. The summed E-state index contributed by atoms with van der Waals surface area (Å²) in [5.41, 5.74) is 0. The van der Waals surface area contributed by atoms with Gasteiger partial charge in [-0.2, -0.15) is 0 Å². The summed E-state index contributed by atoms with van der Waals surface area (Å²) in [5.74, 6) is 2.65. The molecule has 2 N–H and O–H groups in total. The molecule has 154 valence electrons. The van der Waals surface area contributed by atoms with Crippen LogP contribution >= 0.6 is 24.0 Å². The zero-order valence-corrected chi connectivity index (χ0v) is 19.2. The Balaban J connectivity index is 0.00000261. The SMILES string of the molecule is CCN1CCCC(CNC(=NC)NCC(c2ccco2)N2CCCC2)C1.I. The van der Waals surface area contributed by atoms with Crippen LogP contribution in [0.15, 0.2) is 27.8 Å². The van der Waals surface area contributed by atoms with Crippen molar-refractivity contribution in [1.29, 1.82) is 0 Å². The van der Waals surface area contributed by atoms with E-state index in [-0.39, 0.29) is 30.0 Å². The summed E-state index contributed by atoms with van der Waals surface area (Å²) < 4.78 is 5.71. The molecule has 3 heterocycles. The van der Waals surface area contributed by atoms with Crippen molar-refractivity contribution in [3.05, 3.63) is 24.2 Å². The van der Waals surface area contributed by atoms with Gasteiger partial charge in [-0.15, -0.1) is 24.0 Å². The lowest BCUT2D eigenvalue weighted by Gasteiger charge is -2.32. The lowest BCUT2D eigenvalue weighted by molar-refractivity contribution is 0.183. The Morgan fingerprint density at radius 2 is 2.07 bits per heavy atom. The summed E-state index contributed by atoms with van der Waals surface area (Å²) in [4.78, 5) is 9.48. The molecule has 2 aliphatic rings. The van der Waals surface area contributed by atoms with Gasteiger partial charge in [-0.05, 0) is 69.9 Å². The minimum atomic E-state index is 0. The lowest BCUT2D eigenvalue weighted by Crippen LogP contribution is -2.46. The van der Waals surface area contributed by atoms with Crippen LogP contribution in [0.25, 0.3) is 0 Å². The van der Waals surface area contributed by atoms with Gasteiger partial charge in [0.15, 0.2) is 5.96 Å². The molecule has 2 saturated heterocycles. The smallest absolute Gasteiger partial charge is 0.191 e. The van der Waals surface area contributed by atoms with Crippen LogP contribution in [0.1, 0.15) is 44.4 Å². The van der Waals surface area contributed by atoms with Crippen molar-refractivity contribution in [1.82, 2.24) is 20.4 Å². The van der Waals surface area contributed by atoms with Gasteiger partial charge in [0.25, 0.3) is 0 Å². The molecule has 2 aliphatic heterocycles. The summed E-state index contributed by atoms with van der Waals surface area (Å²) in [6.45, 7) is 9.96. The molecular formula is C20H36IN5O. The standard InChI is InChI=1S/C20H35N5O.HI/c1-3-24-10-6-8-17(16-24)14-22-20(21-2)23-15-18(19-9-7-13-26-19)25-11-4-5-12-25;/h7,9,13,17-18H,3-6,8,10-12,14-16H2,1-2H3,(H2,21,22,23);1H. The number of rotatable bonds is 7. The zero-order valence-electron chi connectivity index (χ0n) is 16.8. The maximum atomic E-state index is 5.71. The molecule has 1 aromatic rings. The van der Waals surface area contributed by atoms with Gasteiger partial charge in [-0.3, -0.25) is 9.89 Å². The van der Waals surface area contributed by atoms with Crippen LogP contribution in [-0.2, 0) is 0 Å². The minimum absolute atomic E-state index is 0. The Labute approximate surface area is 181 Å². The Kier molecular flexibility index (Phi) is 9.92. The number of nitrogens with one attached hydrogen (secondary N) is 2. The number of hydrogen-bond acceptors (Lipinski definition) is 4. The van der Waals surface area contributed by atoms with Gasteiger partial charge in [0, 0.05) is 26.7 Å². The van der Waals surface area contributed by atoms with Gasteiger partial charge in [0.05, 0.1) is 12.3 Å². The molecule has 0 aliphatic carbocycles. The monoisotopic (exact) mass is 489 g/mol. The fourth-order valence-electron chi connectivity index (χ4n) is 4.20. The fourth-order valence-corrected chi connectivity index (χ4v) is 4.20. The van der Waals surface area contributed by atoms with Crippen LogP contribution in [0.3, 0.4) is 0 Å². The van der Waals surface area contributed by atoms with E-state index in [0.717, 1.165) is 44.4 Å². The third-order valence-corrected chi connectivity index (χ3v) is 5.75. The summed E-state index contributed by atoms with van der Waals surface area (Å²) in [6, 6.07) is 4.34. The highest BCUT2D eigenvalue weighted by Gasteiger charge is 2.26. The van der Waals surface area contributed by atoms with Crippen LogP contribution in [0, 0.1) is 5.92 Å². The zero-order chi connectivity index (χ0) is 18.2. The molecule has 6 nitrogen and oxygen atoms in total. The van der Waals surface area contributed by atoms with Gasteiger partial charge in [0.2, 0.25) is 0 Å². The molecule has 27 heavy (non-hydrogen) atoms. The van der Waals surface area contributed by atoms with Crippen molar-refractivity contribution < 1.29 is 4.42 Å². The van der Waals surface area contributed by atoms with E-state index in [9.17, 15) is 0 Å². The molecule has 2 fully saturated rings. The normalized spacial score (nSPS) is 23.0. The highest BCUT2D eigenvalue weighted by Crippen LogP contribution is 2.24. The molecule has 2 unspecified atom stereocenters. The number of furan rings is 1. The Morgan fingerprint density at radius 3 is 2.74 bits per heavy atom. The second-order valence-electron chi connectivity index (χ2n) is 7.51. The molecule has 3 rings (SSSR count). The van der Waals surface area contributed by atoms with Crippen molar-refractivity contribution in [2.45, 2.75) is 38.6 Å². The van der Waals surface area contributed by atoms with E-state index in [0.29, 0.717) is 5.92 Å². The molecule has 7 heteroatoms. The number of aliphatic imine (C=N–C) groups is 1. The molecule has 0 bridgehead atoms. The van der Waals surface area contributed by atoms with Crippen molar-refractivity contribution in [2.75, 3.05) is 52.9 Å². The summed E-state index contributed by atoms with van der Waals surface area (Å²) >= 11 is 0. The van der Waals surface area contributed by atoms with Crippen molar-refractivity contribution in [3.63, 3.8) is 0 Å². The predicted molar refractivity (Wildman–Crippen MR) is 122 cm³/mol. The van der Waals surface area contributed by atoms with Gasteiger partial charge in [0.1, 0.15) is 5.76 Å². The largest absolute Gasteiger partial charge is 0.468 e. The first-order valence-corrected chi connectivity index (χ1v) is 10.2. The first kappa shape index (κ1) is 22.5. The third kappa shape index (κ3) is 6.64. The Hall–Kier alpha value is -0.800. The first-order chi connectivity index (χ1) is 12.8. The van der Waals surface area contributed by atoms with E-state index in [4.69, 9.17) is 4.42 Å². The van der Waals surface area contributed by atoms with E-state index in [1.54, 1.807) is 6.26 Å². The summed E-state index contributed by atoms with van der Waals surface area (Å²) in [7, 11) is 1.85. The van der Waals surface area contributed by atoms with E-state index in [1.807, 2.05) is 13.1 Å². The van der Waals surface area contributed by atoms with Gasteiger partial charge < -0.3 is 20.0 Å². The second kappa shape index (κ2) is 11.9. The van der Waals surface area contributed by atoms with Crippen molar-refractivity contribution in [3.8, 4) is 0 Å². The van der Waals surface area contributed by atoms with Crippen LogP contribution < -0.4 is 10.6 Å². The number of piperidine rings is 1. The average molecular weight is 489 g/mol. The van der Waals surface area contributed by atoms with E-state index in [2.05, 4.69) is 38.4 Å². The summed E-state index contributed by atoms with van der Waals surface area (Å²) in [5, 5.41) is 7.06. The van der Waals surface area contributed by atoms with Crippen molar-refractivity contribution >= 4 is 29.9 Å². The molecule has 2 atom stereocenters. The highest BCUT2D eigenvalue weighted by molar-refractivity contribution is 14.0. The second-order valence-corrected chi connectivity index (χ2v) is 7.51. The Morgan fingerprint density at radius 1 is 1.26 bits per heavy atom. The van der Waals surface area contributed by atoms with Crippen LogP contribution in [0.5, 0.6) is 0 Å². The number of nitrogens with zero attached hydrogens (tertiary/aromatic N) is 3. The number of guanidine groups is 1. The number of hydrogen-bond donors (Lipinski definition) is 2. The average Bonchev–Trinajstić information content (AvgIpc) is 3.39. The summed E-state index contributed by atoms with van der Waals surface area (Å²) in [6.07, 6.45) is 6.94. The third-order valence-electron chi connectivity index (χ3n) is 5.75. The molecular weight excluding hydrogens is 453 g/mol. The van der Waals surface area contributed by atoms with Gasteiger partial charge >= 0.3 is 0 Å². The van der Waals surface area contributed by atoms with Crippen LogP contribution in [0.4, 0.5) is 0 Å². The predicted octanol–water partition coefficient (Wildman–Crippen LogP) is 2.93. The fraction of sp³-hybridized carbons (Fsp3) is 0.750. The van der Waals surface area contributed by atoms with Gasteiger partial charge in [-0.25, -0.2) is 0 Å². The number of halogens is 1. The molecule has 0 saturated carbocycles.